The fourth-order valence-electron chi connectivity index (χ4n) is 3.45. The van der Waals surface area contributed by atoms with E-state index < -0.39 is 11.4 Å². The Morgan fingerprint density at radius 3 is 2.78 bits per heavy atom. The molecule has 3 rings (SSSR count). The molecule has 2 aliphatic rings. The number of benzene rings is 1. The van der Waals surface area contributed by atoms with E-state index in [1.807, 2.05) is 0 Å². The molecular weight excluding hydrogens is 377 g/mol. The molecule has 27 heavy (non-hydrogen) atoms. The van der Waals surface area contributed by atoms with E-state index in [2.05, 4.69) is 10.6 Å². The third kappa shape index (κ3) is 4.32. The Kier molecular flexibility index (Phi) is 5.84. The first-order valence-electron chi connectivity index (χ1n) is 8.90. The average Bonchev–Trinajstić information content (AvgIpc) is 3.18. The second-order valence-electron chi connectivity index (χ2n) is 6.74. The average molecular weight is 398 g/mol. The highest BCUT2D eigenvalue weighted by molar-refractivity contribution is 6.32. The molecule has 1 spiro atoms. The minimum atomic E-state index is -0.706. The van der Waals surface area contributed by atoms with Gasteiger partial charge in [-0.15, -0.1) is 0 Å². The maximum Gasteiger partial charge on any atom is 0.325 e. The van der Waals surface area contributed by atoms with Crippen LogP contribution in [0.15, 0.2) is 18.2 Å². The zero-order chi connectivity index (χ0) is 19.4. The number of imide groups is 1. The zero-order valence-corrected chi connectivity index (χ0v) is 15.5. The number of hydrogen-bond donors (Lipinski definition) is 2. The highest BCUT2D eigenvalue weighted by Gasteiger charge is 2.51. The number of urea groups is 1. The van der Waals surface area contributed by atoms with Gasteiger partial charge in [0.2, 0.25) is 0 Å². The van der Waals surface area contributed by atoms with Crippen LogP contribution in [0.5, 0.6) is 5.75 Å². The molecule has 1 aliphatic carbocycles. The molecule has 1 aromatic rings. The van der Waals surface area contributed by atoms with Crippen molar-refractivity contribution in [1.29, 1.82) is 0 Å². The molecule has 0 aromatic heterocycles. The second-order valence-corrected chi connectivity index (χ2v) is 7.15. The van der Waals surface area contributed by atoms with Gasteiger partial charge in [-0.2, -0.15) is 0 Å². The van der Waals surface area contributed by atoms with Gasteiger partial charge in [0, 0.05) is 13.1 Å². The minimum Gasteiger partial charge on any atom is -0.482 e. The van der Waals surface area contributed by atoms with E-state index in [1.165, 1.54) is 17.0 Å². The summed E-state index contributed by atoms with van der Waals surface area (Å²) < 4.78 is 18.2. The van der Waals surface area contributed by atoms with Crippen LogP contribution in [0.1, 0.15) is 32.1 Å². The van der Waals surface area contributed by atoms with Crippen LogP contribution in [0.4, 0.5) is 9.18 Å². The second kappa shape index (κ2) is 8.12. The van der Waals surface area contributed by atoms with Gasteiger partial charge in [0.1, 0.15) is 17.1 Å². The highest BCUT2D eigenvalue weighted by atomic mass is 35.5. The van der Waals surface area contributed by atoms with Gasteiger partial charge in [0.15, 0.2) is 6.61 Å². The smallest absolute Gasteiger partial charge is 0.325 e. The number of halogens is 2. The third-order valence-electron chi connectivity index (χ3n) is 4.84. The first-order chi connectivity index (χ1) is 12.9. The van der Waals surface area contributed by atoms with Crippen molar-refractivity contribution in [3.8, 4) is 5.75 Å². The SMILES string of the molecule is O=C(COc1ccc(F)cc1Cl)NCCCN1C(=O)NC2(CCCC2)C1=O. The van der Waals surface area contributed by atoms with Gasteiger partial charge < -0.3 is 15.4 Å². The maximum atomic E-state index is 13.0. The standard InChI is InChI=1S/C18H21ClFN3O4/c19-13-10-12(20)4-5-14(13)27-11-15(24)21-8-3-9-23-16(25)18(22-17(23)26)6-1-2-7-18/h4-5,10H,1-3,6-9,11H2,(H,21,24)(H,22,26). The monoisotopic (exact) mass is 397 g/mol. The molecule has 0 unspecified atom stereocenters. The molecule has 9 heteroatoms. The van der Waals surface area contributed by atoms with E-state index >= 15 is 0 Å². The normalized spacial score (nSPS) is 18.1. The molecule has 1 aromatic carbocycles. The molecule has 2 N–H and O–H groups in total. The quantitative estimate of drug-likeness (QED) is 0.545. The van der Waals surface area contributed by atoms with Crippen LogP contribution in [0.3, 0.4) is 0 Å². The van der Waals surface area contributed by atoms with Crippen LogP contribution in [-0.2, 0) is 9.59 Å². The lowest BCUT2D eigenvalue weighted by Gasteiger charge is -2.20. The van der Waals surface area contributed by atoms with Gasteiger partial charge in [-0.25, -0.2) is 9.18 Å². The van der Waals surface area contributed by atoms with Crippen molar-refractivity contribution in [2.24, 2.45) is 0 Å². The summed E-state index contributed by atoms with van der Waals surface area (Å²) in [5.41, 5.74) is -0.706. The maximum absolute atomic E-state index is 13.0. The van der Waals surface area contributed by atoms with Crippen molar-refractivity contribution in [3.63, 3.8) is 0 Å². The van der Waals surface area contributed by atoms with Crippen molar-refractivity contribution in [3.05, 3.63) is 29.0 Å². The number of ether oxygens (including phenoxy) is 1. The lowest BCUT2D eigenvalue weighted by Crippen LogP contribution is -2.44. The largest absolute Gasteiger partial charge is 0.482 e. The molecule has 0 atom stereocenters. The highest BCUT2D eigenvalue weighted by Crippen LogP contribution is 2.35. The van der Waals surface area contributed by atoms with Crippen LogP contribution >= 0.6 is 11.6 Å². The molecule has 1 saturated carbocycles. The van der Waals surface area contributed by atoms with E-state index in [-0.39, 0.29) is 41.8 Å². The Bertz CT molecular complexity index is 752. The fraction of sp³-hybridized carbons (Fsp3) is 0.500. The number of hydrogen-bond acceptors (Lipinski definition) is 4. The Morgan fingerprint density at radius 2 is 2.07 bits per heavy atom. The Morgan fingerprint density at radius 1 is 1.33 bits per heavy atom. The van der Waals surface area contributed by atoms with Crippen LogP contribution in [0.2, 0.25) is 5.02 Å². The summed E-state index contributed by atoms with van der Waals surface area (Å²) in [6, 6.07) is 3.28. The van der Waals surface area contributed by atoms with E-state index in [0.717, 1.165) is 18.9 Å². The molecule has 0 bridgehead atoms. The number of nitrogens with zero attached hydrogens (tertiary/aromatic N) is 1. The van der Waals surface area contributed by atoms with Crippen LogP contribution < -0.4 is 15.4 Å². The third-order valence-corrected chi connectivity index (χ3v) is 5.13. The van der Waals surface area contributed by atoms with Gasteiger partial charge in [-0.1, -0.05) is 24.4 Å². The van der Waals surface area contributed by atoms with E-state index in [1.54, 1.807) is 0 Å². The van der Waals surface area contributed by atoms with Crippen molar-refractivity contribution in [2.45, 2.75) is 37.6 Å². The lowest BCUT2D eigenvalue weighted by molar-refractivity contribution is -0.131. The van der Waals surface area contributed by atoms with Gasteiger partial charge in [-0.05, 0) is 37.5 Å². The molecule has 2 fully saturated rings. The topological polar surface area (TPSA) is 87.7 Å². The van der Waals surface area contributed by atoms with Crippen molar-refractivity contribution < 1.29 is 23.5 Å². The van der Waals surface area contributed by atoms with Crippen molar-refractivity contribution in [1.82, 2.24) is 15.5 Å². The molecule has 4 amide bonds. The van der Waals surface area contributed by atoms with Gasteiger partial charge >= 0.3 is 6.03 Å². The predicted molar refractivity (Wildman–Crippen MR) is 96.0 cm³/mol. The fourth-order valence-corrected chi connectivity index (χ4v) is 3.67. The van der Waals surface area contributed by atoms with Crippen LogP contribution in [0, 0.1) is 5.82 Å². The van der Waals surface area contributed by atoms with Crippen LogP contribution in [-0.4, -0.2) is 48.0 Å². The molecule has 1 heterocycles. The summed E-state index contributed by atoms with van der Waals surface area (Å²) in [4.78, 5) is 37.6. The van der Waals surface area contributed by atoms with Gasteiger partial charge in [0.25, 0.3) is 11.8 Å². The summed E-state index contributed by atoms with van der Waals surface area (Å²) >= 11 is 5.82. The van der Waals surface area contributed by atoms with Crippen molar-refractivity contribution in [2.75, 3.05) is 19.7 Å². The summed E-state index contributed by atoms with van der Waals surface area (Å²) in [7, 11) is 0. The number of carbonyl (C=O) groups is 3. The van der Waals surface area contributed by atoms with Gasteiger partial charge in [-0.3, -0.25) is 14.5 Å². The number of nitrogens with one attached hydrogen (secondary N) is 2. The Labute approximate surface area is 161 Å². The number of amides is 4. The molecular formula is C18H21ClFN3O4. The zero-order valence-electron chi connectivity index (χ0n) is 14.7. The first-order valence-corrected chi connectivity index (χ1v) is 9.28. The molecule has 0 radical (unpaired) electrons. The number of rotatable bonds is 7. The van der Waals surface area contributed by atoms with E-state index in [0.29, 0.717) is 25.8 Å². The lowest BCUT2D eigenvalue weighted by atomic mass is 9.98. The summed E-state index contributed by atoms with van der Waals surface area (Å²) in [5.74, 6) is -0.809. The first kappa shape index (κ1) is 19.4. The van der Waals surface area contributed by atoms with E-state index in [9.17, 15) is 18.8 Å². The summed E-state index contributed by atoms with van der Waals surface area (Å²) in [5, 5.41) is 5.55. The summed E-state index contributed by atoms with van der Waals surface area (Å²) in [6.07, 6.45) is 3.70. The molecule has 7 nitrogen and oxygen atoms in total. The molecule has 1 aliphatic heterocycles. The van der Waals surface area contributed by atoms with E-state index in [4.69, 9.17) is 16.3 Å². The Hall–Kier alpha value is -2.35. The van der Waals surface area contributed by atoms with Crippen molar-refractivity contribution >= 4 is 29.4 Å². The number of carbonyl (C=O) groups excluding carboxylic acids is 3. The Balaban J connectivity index is 1.38. The molecule has 1 saturated heterocycles. The summed E-state index contributed by atoms with van der Waals surface area (Å²) in [6.45, 7) is 0.276. The minimum absolute atomic E-state index is 0.0854. The predicted octanol–water partition coefficient (Wildman–Crippen LogP) is 2.23. The van der Waals surface area contributed by atoms with Gasteiger partial charge in [0.05, 0.1) is 5.02 Å². The van der Waals surface area contributed by atoms with Crippen LogP contribution in [0.25, 0.3) is 0 Å². The molecule has 146 valence electrons.